The number of unbranched alkanes of at least 4 members (excludes halogenated alkanes) is 51. The van der Waals surface area contributed by atoms with Crippen molar-refractivity contribution in [2.24, 2.45) is 5.92 Å². The molecule has 0 saturated carbocycles. The Kier molecular flexibility index (Phi) is 70.6. The number of ether oxygens (including phenoxy) is 4. The van der Waals surface area contributed by atoms with Crippen molar-refractivity contribution in [3.8, 4) is 0 Å². The summed E-state index contributed by atoms with van der Waals surface area (Å²) >= 11 is 0. The highest BCUT2D eigenvalue weighted by molar-refractivity contribution is 7.47. The van der Waals surface area contributed by atoms with Crippen LogP contribution in [0.4, 0.5) is 0 Å². The Morgan fingerprint density at radius 3 is 0.694 bits per heavy atom. The minimum Gasteiger partial charge on any atom is -0.462 e. The lowest BCUT2D eigenvalue weighted by molar-refractivity contribution is -0.161. The number of aliphatic hydroxyl groups is 1. The molecule has 0 aromatic heterocycles. The van der Waals surface area contributed by atoms with Crippen LogP contribution in [0.2, 0.25) is 0 Å². The van der Waals surface area contributed by atoms with Gasteiger partial charge in [0.2, 0.25) is 0 Å². The molecule has 5 atom stereocenters. The summed E-state index contributed by atoms with van der Waals surface area (Å²) in [7, 11) is -9.90. The summed E-state index contributed by atoms with van der Waals surface area (Å²) in [5, 5.41) is 10.6. The average molecular weight is 1440 g/mol. The van der Waals surface area contributed by atoms with Gasteiger partial charge in [-0.05, 0) is 31.6 Å². The Morgan fingerprint density at radius 2 is 0.469 bits per heavy atom. The van der Waals surface area contributed by atoms with E-state index in [1.165, 1.54) is 238 Å². The molecular weight excluding hydrogens is 1280 g/mol. The Morgan fingerprint density at radius 1 is 0.276 bits per heavy atom. The Labute approximate surface area is 600 Å². The molecule has 0 aliphatic rings. The second kappa shape index (κ2) is 72.0. The van der Waals surface area contributed by atoms with Gasteiger partial charge in [-0.15, -0.1) is 0 Å². The smallest absolute Gasteiger partial charge is 0.462 e. The van der Waals surface area contributed by atoms with E-state index in [-0.39, 0.29) is 25.7 Å². The van der Waals surface area contributed by atoms with Crippen molar-refractivity contribution >= 4 is 39.5 Å². The van der Waals surface area contributed by atoms with Gasteiger partial charge in [0.1, 0.15) is 19.3 Å². The first-order chi connectivity index (χ1) is 47.5. The van der Waals surface area contributed by atoms with Crippen molar-refractivity contribution < 1.29 is 80.2 Å². The van der Waals surface area contributed by atoms with Crippen molar-refractivity contribution in [2.75, 3.05) is 39.6 Å². The van der Waals surface area contributed by atoms with Crippen LogP contribution in [-0.2, 0) is 65.4 Å². The largest absolute Gasteiger partial charge is 0.472 e. The van der Waals surface area contributed by atoms with Crippen LogP contribution in [0, 0.1) is 5.92 Å². The molecule has 2 unspecified atom stereocenters. The fraction of sp³-hybridized carbons (Fsp3) is 0.949. The van der Waals surface area contributed by atoms with Gasteiger partial charge < -0.3 is 33.8 Å². The zero-order valence-corrected chi connectivity index (χ0v) is 65.7. The van der Waals surface area contributed by atoms with Crippen LogP contribution in [0.5, 0.6) is 0 Å². The number of rotatable bonds is 79. The van der Waals surface area contributed by atoms with E-state index in [0.29, 0.717) is 25.7 Å². The Bertz CT molecular complexity index is 1870. The fourth-order valence-corrected chi connectivity index (χ4v) is 13.8. The number of aliphatic hydroxyl groups excluding tert-OH is 1. The molecule has 0 aliphatic heterocycles. The number of hydrogen-bond acceptors (Lipinski definition) is 15. The van der Waals surface area contributed by atoms with Gasteiger partial charge in [-0.25, -0.2) is 9.13 Å². The molecular formula is C79H154O17P2. The molecule has 0 saturated heterocycles. The molecule has 3 N–H and O–H groups in total. The highest BCUT2D eigenvalue weighted by atomic mass is 31.2. The zero-order chi connectivity index (χ0) is 71.9. The van der Waals surface area contributed by atoms with E-state index in [4.69, 9.17) is 37.0 Å². The van der Waals surface area contributed by atoms with Gasteiger partial charge >= 0.3 is 39.5 Å². The van der Waals surface area contributed by atoms with Crippen molar-refractivity contribution in [1.29, 1.82) is 0 Å². The molecule has 19 heteroatoms. The standard InChI is InChI=1S/C79H154O17P2/c1-6-9-12-15-17-19-21-23-25-27-29-31-33-35-37-39-41-45-49-54-59-64-78(83)96-75(69-90-77(82)63-58-53-48-44-40-38-36-34-32-30-28-26-24-22-20-18-16-13-10-7-2)71-94-98(87,88)92-67-73(80)66-91-97(85,86)93-70-74(68-89-76(81)62-57-51-14-11-8-3)95-79(84)65-60-55-50-46-42-43-47-52-56-61-72(4)5/h72-75,80H,6-71H2,1-5H3,(H,85,86)(H,87,88)/t73-,74+,75+/m0/s1. The zero-order valence-electron chi connectivity index (χ0n) is 63.9. The molecule has 98 heavy (non-hydrogen) atoms. The van der Waals surface area contributed by atoms with Crippen molar-refractivity contribution in [1.82, 2.24) is 0 Å². The van der Waals surface area contributed by atoms with E-state index >= 15 is 0 Å². The molecule has 0 rings (SSSR count). The van der Waals surface area contributed by atoms with Gasteiger partial charge in [-0.1, -0.05) is 369 Å². The normalized spacial score (nSPS) is 13.9. The van der Waals surface area contributed by atoms with Crippen LogP contribution in [-0.4, -0.2) is 96.7 Å². The maximum absolute atomic E-state index is 13.1. The van der Waals surface area contributed by atoms with Gasteiger partial charge in [-0.2, -0.15) is 0 Å². The molecule has 0 spiro atoms. The SMILES string of the molecule is CCCCCCCCCCCCCCCCCCCCCCCC(=O)O[C@H](COC(=O)CCCCCCCCCCCCCCCCCCCCCC)COP(=O)(O)OC[C@@H](O)COP(=O)(O)OC[C@@H](COC(=O)CCCCCCC)OC(=O)CCCCCCCCCCCC(C)C. The van der Waals surface area contributed by atoms with E-state index in [1.807, 2.05) is 0 Å². The number of phosphoric acid groups is 2. The second-order valence-corrected chi connectivity index (χ2v) is 31.8. The lowest BCUT2D eigenvalue weighted by Crippen LogP contribution is -2.30. The molecule has 0 amide bonds. The molecule has 0 heterocycles. The van der Waals surface area contributed by atoms with Crippen molar-refractivity contribution in [3.63, 3.8) is 0 Å². The van der Waals surface area contributed by atoms with E-state index in [0.717, 1.165) is 102 Å². The molecule has 0 radical (unpaired) electrons. The fourth-order valence-electron chi connectivity index (χ4n) is 12.2. The van der Waals surface area contributed by atoms with Gasteiger partial charge in [-0.3, -0.25) is 37.3 Å². The summed E-state index contributed by atoms with van der Waals surface area (Å²) in [5.74, 6) is -1.39. The van der Waals surface area contributed by atoms with E-state index < -0.39 is 97.5 Å². The first-order valence-corrected chi connectivity index (χ1v) is 44.1. The van der Waals surface area contributed by atoms with Crippen LogP contribution in [0.3, 0.4) is 0 Å². The highest BCUT2D eigenvalue weighted by Gasteiger charge is 2.30. The van der Waals surface area contributed by atoms with E-state index in [9.17, 15) is 43.2 Å². The maximum atomic E-state index is 13.1. The number of esters is 4. The first kappa shape index (κ1) is 96.1. The minimum absolute atomic E-state index is 0.105. The van der Waals surface area contributed by atoms with Gasteiger partial charge in [0.05, 0.1) is 26.4 Å². The molecule has 582 valence electrons. The third-order valence-electron chi connectivity index (χ3n) is 18.5. The third kappa shape index (κ3) is 72.4. The van der Waals surface area contributed by atoms with Crippen LogP contribution < -0.4 is 0 Å². The lowest BCUT2D eigenvalue weighted by Gasteiger charge is -2.21. The first-order valence-electron chi connectivity index (χ1n) is 41.1. The topological polar surface area (TPSA) is 237 Å². The summed E-state index contributed by atoms with van der Waals surface area (Å²) in [5.41, 5.74) is 0. The van der Waals surface area contributed by atoms with Gasteiger partial charge in [0.15, 0.2) is 12.2 Å². The number of phosphoric ester groups is 2. The quantitative estimate of drug-likeness (QED) is 0.0222. The highest BCUT2D eigenvalue weighted by Crippen LogP contribution is 2.45. The lowest BCUT2D eigenvalue weighted by atomic mass is 10.0. The molecule has 0 aromatic carbocycles. The summed E-state index contributed by atoms with van der Waals surface area (Å²) in [6, 6.07) is 0. The van der Waals surface area contributed by atoms with Crippen LogP contribution in [0.25, 0.3) is 0 Å². The number of hydrogen-bond donors (Lipinski definition) is 3. The summed E-state index contributed by atoms with van der Waals surface area (Å²) < 4.78 is 68.4. The van der Waals surface area contributed by atoms with Crippen LogP contribution in [0.15, 0.2) is 0 Å². The predicted octanol–water partition coefficient (Wildman–Crippen LogP) is 23.6. The molecule has 0 bridgehead atoms. The Balaban J connectivity index is 5.11. The molecule has 0 aliphatic carbocycles. The summed E-state index contributed by atoms with van der Waals surface area (Å²) in [6.07, 6.45) is 63.2. The molecule has 0 aromatic rings. The van der Waals surface area contributed by atoms with Gasteiger partial charge in [0, 0.05) is 25.7 Å². The van der Waals surface area contributed by atoms with Gasteiger partial charge in [0.25, 0.3) is 0 Å². The number of carbonyl (C=O) groups excluding carboxylic acids is 4. The Hall–Kier alpha value is -1.94. The second-order valence-electron chi connectivity index (χ2n) is 28.9. The average Bonchev–Trinajstić information content (AvgIpc) is 2.39. The van der Waals surface area contributed by atoms with Crippen molar-refractivity contribution in [3.05, 3.63) is 0 Å². The van der Waals surface area contributed by atoms with E-state index in [2.05, 4.69) is 34.6 Å². The van der Waals surface area contributed by atoms with E-state index in [1.54, 1.807) is 0 Å². The van der Waals surface area contributed by atoms with Crippen molar-refractivity contribution in [2.45, 2.75) is 438 Å². The predicted molar refractivity (Wildman–Crippen MR) is 400 cm³/mol. The van der Waals surface area contributed by atoms with Crippen LogP contribution in [0.1, 0.15) is 420 Å². The molecule has 0 fully saturated rings. The molecule has 17 nitrogen and oxygen atoms in total. The number of carbonyl (C=O) groups is 4. The van der Waals surface area contributed by atoms with Crippen LogP contribution >= 0.6 is 15.6 Å². The maximum Gasteiger partial charge on any atom is 0.472 e. The minimum atomic E-state index is -4.96. The summed E-state index contributed by atoms with van der Waals surface area (Å²) in [4.78, 5) is 72.6. The summed E-state index contributed by atoms with van der Waals surface area (Å²) in [6.45, 7) is 7.19. The third-order valence-corrected chi connectivity index (χ3v) is 20.4. The monoisotopic (exact) mass is 1440 g/mol.